The minimum atomic E-state index is -0.124. The van der Waals surface area contributed by atoms with Gasteiger partial charge in [0, 0.05) is 22.3 Å². The van der Waals surface area contributed by atoms with Gasteiger partial charge >= 0.3 is 0 Å². The fraction of sp³-hybridized carbons (Fsp3) is 0.231. The molecule has 0 saturated carbocycles. The highest BCUT2D eigenvalue weighted by atomic mass is 35.5. The van der Waals surface area contributed by atoms with Crippen LogP contribution in [-0.2, 0) is 6.42 Å². The molecule has 1 aromatic heterocycles. The van der Waals surface area contributed by atoms with E-state index in [1.165, 1.54) is 6.07 Å². The van der Waals surface area contributed by atoms with Gasteiger partial charge in [-0.1, -0.05) is 18.5 Å². The van der Waals surface area contributed by atoms with E-state index < -0.39 is 0 Å². The van der Waals surface area contributed by atoms with E-state index in [9.17, 15) is 4.79 Å². The zero-order chi connectivity index (χ0) is 12.4. The fourth-order valence-electron chi connectivity index (χ4n) is 1.71. The lowest BCUT2D eigenvalue weighted by Gasteiger charge is -2.06. The molecule has 2 rings (SSSR count). The molecule has 0 unspecified atom stereocenters. The SMILES string of the molecule is CCc1cc(=O)[nH]c(-c2ccc(Cl)cc2C)n1. The number of nitrogens with zero attached hydrogens (tertiary/aromatic N) is 1. The van der Waals surface area contributed by atoms with E-state index in [-0.39, 0.29) is 5.56 Å². The first-order valence-corrected chi connectivity index (χ1v) is 5.84. The van der Waals surface area contributed by atoms with E-state index >= 15 is 0 Å². The van der Waals surface area contributed by atoms with Crippen LogP contribution in [0.1, 0.15) is 18.2 Å². The summed E-state index contributed by atoms with van der Waals surface area (Å²) in [6, 6.07) is 7.04. The van der Waals surface area contributed by atoms with Crippen molar-refractivity contribution in [2.75, 3.05) is 0 Å². The zero-order valence-electron chi connectivity index (χ0n) is 9.75. The second-order valence-corrected chi connectivity index (χ2v) is 4.33. The first kappa shape index (κ1) is 11.9. The summed E-state index contributed by atoms with van der Waals surface area (Å²) >= 11 is 5.90. The lowest BCUT2D eigenvalue weighted by Crippen LogP contribution is -2.10. The van der Waals surface area contributed by atoms with Crippen molar-refractivity contribution < 1.29 is 0 Å². The van der Waals surface area contributed by atoms with Gasteiger partial charge in [0.15, 0.2) is 0 Å². The zero-order valence-corrected chi connectivity index (χ0v) is 10.5. The van der Waals surface area contributed by atoms with Crippen LogP contribution in [0, 0.1) is 6.92 Å². The van der Waals surface area contributed by atoms with Gasteiger partial charge in [0.1, 0.15) is 5.82 Å². The molecule has 88 valence electrons. The number of hydrogen-bond donors (Lipinski definition) is 1. The number of aromatic amines is 1. The molecule has 0 aliphatic rings. The summed E-state index contributed by atoms with van der Waals surface area (Å²) in [6.07, 6.45) is 0.740. The van der Waals surface area contributed by atoms with E-state index in [0.29, 0.717) is 10.8 Å². The Morgan fingerprint density at radius 2 is 2.12 bits per heavy atom. The van der Waals surface area contributed by atoms with Crippen LogP contribution in [0.25, 0.3) is 11.4 Å². The van der Waals surface area contributed by atoms with Crippen molar-refractivity contribution in [3.8, 4) is 11.4 Å². The fourth-order valence-corrected chi connectivity index (χ4v) is 1.94. The van der Waals surface area contributed by atoms with Crippen LogP contribution in [0.15, 0.2) is 29.1 Å². The number of H-pyrrole nitrogens is 1. The average Bonchev–Trinajstić information content (AvgIpc) is 2.28. The molecular weight excluding hydrogens is 236 g/mol. The molecular formula is C13H13ClN2O. The van der Waals surface area contributed by atoms with Gasteiger partial charge in [-0.3, -0.25) is 4.79 Å². The number of rotatable bonds is 2. The molecule has 0 fully saturated rings. The number of aromatic nitrogens is 2. The van der Waals surface area contributed by atoms with Crippen LogP contribution < -0.4 is 5.56 Å². The Morgan fingerprint density at radius 1 is 1.35 bits per heavy atom. The van der Waals surface area contributed by atoms with Crippen molar-refractivity contribution >= 4 is 11.6 Å². The highest BCUT2D eigenvalue weighted by molar-refractivity contribution is 6.30. The average molecular weight is 249 g/mol. The largest absolute Gasteiger partial charge is 0.307 e. The van der Waals surface area contributed by atoms with Crippen molar-refractivity contribution in [2.45, 2.75) is 20.3 Å². The molecule has 0 aliphatic carbocycles. The third kappa shape index (κ3) is 2.56. The smallest absolute Gasteiger partial charge is 0.251 e. The maximum Gasteiger partial charge on any atom is 0.251 e. The van der Waals surface area contributed by atoms with Gasteiger partial charge in [0.05, 0.1) is 0 Å². The number of aryl methyl sites for hydroxylation is 2. The molecule has 3 nitrogen and oxygen atoms in total. The first-order valence-electron chi connectivity index (χ1n) is 5.47. The molecule has 0 amide bonds. The summed E-state index contributed by atoms with van der Waals surface area (Å²) in [5, 5.41) is 0.681. The molecule has 0 radical (unpaired) electrons. The number of benzene rings is 1. The summed E-state index contributed by atoms with van der Waals surface area (Å²) < 4.78 is 0. The third-order valence-corrected chi connectivity index (χ3v) is 2.84. The molecule has 1 aromatic carbocycles. The Bertz CT molecular complexity index is 605. The van der Waals surface area contributed by atoms with Crippen molar-refractivity contribution in [3.63, 3.8) is 0 Å². The van der Waals surface area contributed by atoms with E-state index in [4.69, 9.17) is 11.6 Å². The Morgan fingerprint density at radius 3 is 2.76 bits per heavy atom. The van der Waals surface area contributed by atoms with E-state index in [1.54, 1.807) is 6.07 Å². The summed E-state index contributed by atoms with van der Waals surface area (Å²) in [5.74, 6) is 0.600. The van der Waals surface area contributed by atoms with Gasteiger partial charge in [0.2, 0.25) is 0 Å². The van der Waals surface area contributed by atoms with E-state index in [0.717, 1.165) is 23.2 Å². The Hall–Kier alpha value is -1.61. The second kappa shape index (κ2) is 4.72. The maximum atomic E-state index is 11.5. The van der Waals surface area contributed by atoms with Gasteiger partial charge in [-0.2, -0.15) is 0 Å². The Balaban J connectivity index is 2.60. The highest BCUT2D eigenvalue weighted by Gasteiger charge is 2.06. The van der Waals surface area contributed by atoms with Crippen LogP contribution in [-0.4, -0.2) is 9.97 Å². The molecule has 0 spiro atoms. The van der Waals surface area contributed by atoms with Gasteiger partial charge < -0.3 is 4.98 Å². The lowest BCUT2D eigenvalue weighted by atomic mass is 10.1. The normalized spacial score (nSPS) is 10.5. The Kier molecular flexibility index (Phi) is 3.29. The number of nitrogens with one attached hydrogen (secondary N) is 1. The summed E-state index contributed by atoms with van der Waals surface area (Å²) in [7, 11) is 0. The van der Waals surface area contributed by atoms with Crippen molar-refractivity contribution in [2.24, 2.45) is 0 Å². The van der Waals surface area contributed by atoms with Crippen LogP contribution in [0.3, 0.4) is 0 Å². The molecule has 1 heterocycles. The minimum Gasteiger partial charge on any atom is -0.307 e. The molecule has 4 heteroatoms. The molecule has 1 N–H and O–H groups in total. The van der Waals surface area contributed by atoms with Crippen LogP contribution in [0.5, 0.6) is 0 Å². The number of hydrogen-bond acceptors (Lipinski definition) is 2. The van der Waals surface area contributed by atoms with Gasteiger partial charge in [0.25, 0.3) is 5.56 Å². The van der Waals surface area contributed by atoms with Gasteiger partial charge in [-0.05, 0) is 37.1 Å². The summed E-state index contributed by atoms with van der Waals surface area (Å²) in [5.41, 5.74) is 2.56. The summed E-state index contributed by atoms with van der Waals surface area (Å²) in [6.45, 7) is 3.92. The predicted molar refractivity (Wildman–Crippen MR) is 69.4 cm³/mol. The summed E-state index contributed by atoms with van der Waals surface area (Å²) in [4.78, 5) is 18.7. The van der Waals surface area contributed by atoms with E-state index in [2.05, 4.69) is 9.97 Å². The molecule has 0 saturated heterocycles. The predicted octanol–water partition coefficient (Wildman–Crippen LogP) is 2.96. The van der Waals surface area contributed by atoms with Crippen molar-refractivity contribution in [1.29, 1.82) is 0 Å². The number of halogens is 1. The monoisotopic (exact) mass is 248 g/mol. The van der Waals surface area contributed by atoms with Crippen molar-refractivity contribution in [3.05, 3.63) is 50.9 Å². The molecule has 2 aromatic rings. The van der Waals surface area contributed by atoms with Crippen LogP contribution in [0.2, 0.25) is 5.02 Å². The topological polar surface area (TPSA) is 45.8 Å². The first-order chi connectivity index (χ1) is 8.10. The Labute approximate surface area is 104 Å². The van der Waals surface area contributed by atoms with Gasteiger partial charge in [-0.15, -0.1) is 0 Å². The second-order valence-electron chi connectivity index (χ2n) is 3.90. The third-order valence-electron chi connectivity index (χ3n) is 2.60. The van der Waals surface area contributed by atoms with E-state index in [1.807, 2.05) is 26.0 Å². The maximum absolute atomic E-state index is 11.5. The minimum absolute atomic E-state index is 0.124. The molecule has 0 bridgehead atoms. The van der Waals surface area contributed by atoms with Crippen LogP contribution in [0.4, 0.5) is 0 Å². The highest BCUT2D eigenvalue weighted by Crippen LogP contribution is 2.22. The molecule has 0 atom stereocenters. The van der Waals surface area contributed by atoms with Crippen molar-refractivity contribution in [1.82, 2.24) is 9.97 Å². The van der Waals surface area contributed by atoms with Gasteiger partial charge in [-0.25, -0.2) is 4.98 Å². The standard InChI is InChI=1S/C13H13ClN2O/c1-3-10-7-12(17)16-13(15-10)11-5-4-9(14)6-8(11)2/h4-7H,3H2,1-2H3,(H,15,16,17). The molecule has 0 aliphatic heterocycles. The lowest BCUT2D eigenvalue weighted by molar-refractivity contribution is 0.986. The quantitative estimate of drug-likeness (QED) is 0.888. The molecule has 17 heavy (non-hydrogen) atoms. The van der Waals surface area contributed by atoms with Crippen LogP contribution >= 0.6 is 11.6 Å².